The van der Waals surface area contributed by atoms with E-state index >= 15 is 0 Å². The first-order valence-electron chi connectivity index (χ1n) is 7.27. The average molecular weight is 379 g/mol. The predicted molar refractivity (Wildman–Crippen MR) is 92.0 cm³/mol. The summed E-state index contributed by atoms with van der Waals surface area (Å²) >= 11 is 1.16. The molecule has 8 nitrogen and oxygen atoms in total. The van der Waals surface area contributed by atoms with E-state index in [2.05, 4.69) is 10.9 Å². The lowest BCUT2D eigenvalue weighted by atomic mass is 10.3. The molecule has 2 aromatic rings. The molecule has 0 bridgehead atoms. The Morgan fingerprint density at radius 3 is 2.27 bits per heavy atom. The van der Waals surface area contributed by atoms with Crippen molar-refractivity contribution in [3.63, 3.8) is 0 Å². The van der Waals surface area contributed by atoms with E-state index in [1.165, 1.54) is 48.5 Å². The molecule has 0 aliphatic carbocycles. The second kappa shape index (κ2) is 9.37. The van der Waals surface area contributed by atoms with Crippen molar-refractivity contribution >= 4 is 29.3 Å². The molecule has 26 heavy (non-hydrogen) atoms. The number of hydrogen-bond donors (Lipinski definition) is 2. The minimum Gasteiger partial charge on any atom is -0.484 e. The highest BCUT2D eigenvalue weighted by Crippen LogP contribution is 2.20. The Kier molecular flexibility index (Phi) is 6.92. The standard InChI is InChI=1S/C16H14FN3O5S/c17-11-1-5-13(6-2-11)25-9-15(21)18-19-16(22)10-26-14-7-3-12(4-8-14)20(23)24/h1-8H,9-10H2,(H,18,21)(H,19,22). The minimum absolute atomic E-state index is 0.0108. The number of hydrogen-bond acceptors (Lipinski definition) is 6. The number of nitrogens with zero attached hydrogens (tertiary/aromatic N) is 1. The summed E-state index contributed by atoms with van der Waals surface area (Å²) in [6, 6.07) is 10.9. The third kappa shape index (κ3) is 6.40. The molecule has 0 fully saturated rings. The molecule has 2 aromatic carbocycles. The number of amides is 2. The Bertz CT molecular complexity index is 783. The maximum absolute atomic E-state index is 12.7. The maximum Gasteiger partial charge on any atom is 0.276 e. The Balaban J connectivity index is 1.66. The normalized spacial score (nSPS) is 10.0. The van der Waals surface area contributed by atoms with Gasteiger partial charge in [0.2, 0.25) is 5.91 Å². The zero-order valence-corrected chi connectivity index (χ0v) is 14.1. The van der Waals surface area contributed by atoms with E-state index in [1.54, 1.807) is 0 Å². The van der Waals surface area contributed by atoms with Crippen LogP contribution in [0.4, 0.5) is 10.1 Å². The number of non-ortho nitro benzene ring substituents is 1. The molecule has 10 heteroatoms. The Morgan fingerprint density at radius 2 is 1.65 bits per heavy atom. The zero-order valence-electron chi connectivity index (χ0n) is 13.3. The van der Waals surface area contributed by atoms with Crippen LogP contribution in [0.3, 0.4) is 0 Å². The van der Waals surface area contributed by atoms with Crippen LogP contribution in [0.15, 0.2) is 53.4 Å². The molecule has 0 aromatic heterocycles. The first-order valence-corrected chi connectivity index (χ1v) is 8.26. The van der Waals surface area contributed by atoms with Gasteiger partial charge in [-0.2, -0.15) is 0 Å². The quantitative estimate of drug-likeness (QED) is 0.433. The topological polar surface area (TPSA) is 111 Å². The molecule has 0 saturated carbocycles. The Hall–Kier alpha value is -3.14. The van der Waals surface area contributed by atoms with Crippen molar-refractivity contribution in [3.8, 4) is 5.75 Å². The zero-order chi connectivity index (χ0) is 18.9. The van der Waals surface area contributed by atoms with Gasteiger partial charge in [-0.15, -0.1) is 11.8 Å². The summed E-state index contributed by atoms with van der Waals surface area (Å²) in [6.45, 7) is -0.346. The van der Waals surface area contributed by atoms with Crippen LogP contribution in [0.1, 0.15) is 0 Å². The highest BCUT2D eigenvalue weighted by molar-refractivity contribution is 8.00. The van der Waals surface area contributed by atoms with Crippen molar-refractivity contribution in [2.75, 3.05) is 12.4 Å². The fourth-order valence-corrected chi connectivity index (χ4v) is 2.40. The molecule has 0 heterocycles. The Morgan fingerprint density at radius 1 is 1.04 bits per heavy atom. The number of thioether (sulfide) groups is 1. The summed E-state index contributed by atoms with van der Waals surface area (Å²) in [5, 5.41) is 10.6. The highest BCUT2D eigenvalue weighted by atomic mass is 32.2. The number of nitro benzene ring substituents is 1. The van der Waals surface area contributed by atoms with E-state index in [0.717, 1.165) is 11.8 Å². The molecule has 0 radical (unpaired) electrons. The number of hydrazine groups is 1. The molecule has 0 aliphatic heterocycles. The van der Waals surface area contributed by atoms with E-state index in [1.807, 2.05) is 0 Å². The summed E-state index contributed by atoms with van der Waals surface area (Å²) in [5.74, 6) is -1.12. The lowest BCUT2D eigenvalue weighted by molar-refractivity contribution is -0.384. The van der Waals surface area contributed by atoms with E-state index in [4.69, 9.17) is 4.74 Å². The number of ether oxygens (including phenoxy) is 1. The van der Waals surface area contributed by atoms with E-state index in [-0.39, 0.29) is 18.0 Å². The number of nitro groups is 1. The number of carbonyl (C=O) groups is 2. The third-order valence-electron chi connectivity index (χ3n) is 2.94. The molecule has 2 rings (SSSR count). The van der Waals surface area contributed by atoms with Gasteiger partial charge >= 0.3 is 0 Å². The van der Waals surface area contributed by atoms with Crippen LogP contribution >= 0.6 is 11.8 Å². The number of benzene rings is 2. The fraction of sp³-hybridized carbons (Fsp3) is 0.125. The van der Waals surface area contributed by atoms with Crippen LogP contribution in [0, 0.1) is 15.9 Å². The molecule has 2 N–H and O–H groups in total. The second-order valence-electron chi connectivity index (χ2n) is 4.88. The van der Waals surface area contributed by atoms with Gasteiger partial charge in [0.1, 0.15) is 11.6 Å². The van der Waals surface area contributed by atoms with Gasteiger partial charge in [-0.25, -0.2) is 4.39 Å². The predicted octanol–water partition coefficient (Wildman–Crippen LogP) is 2.05. The Labute approximate surface area is 151 Å². The number of rotatable bonds is 7. The number of nitrogens with one attached hydrogen (secondary N) is 2. The van der Waals surface area contributed by atoms with Crippen LogP contribution in [-0.4, -0.2) is 29.1 Å². The largest absolute Gasteiger partial charge is 0.484 e. The van der Waals surface area contributed by atoms with Gasteiger partial charge in [0.15, 0.2) is 6.61 Å². The van der Waals surface area contributed by atoms with Crippen molar-refractivity contribution in [1.29, 1.82) is 0 Å². The van der Waals surface area contributed by atoms with Gasteiger partial charge in [0.25, 0.3) is 11.6 Å². The first-order chi connectivity index (χ1) is 12.4. The molecule has 0 aliphatic rings. The van der Waals surface area contributed by atoms with Crippen LogP contribution in [0.2, 0.25) is 0 Å². The van der Waals surface area contributed by atoms with Crippen molar-refractivity contribution in [3.05, 3.63) is 64.5 Å². The highest BCUT2D eigenvalue weighted by Gasteiger charge is 2.08. The fourth-order valence-electron chi connectivity index (χ4n) is 1.70. The van der Waals surface area contributed by atoms with Gasteiger partial charge in [-0.1, -0.05) is 0 Å². The lowest BCUT2D eigenvalue weighted by Crippen LogP contribution is -2.44. The molecule has 0 saturated heterocycles. The van der Waals surface area contributed by atoms with Crippen LogP contribution in [0.25, 0.3) is 0 Å². The SMILES string of the molecule is O=C(COc1ccc(F)cc1)NNC(=O)CSc1ccc([N+](=O)[O-])cc1. The molecule has 0 atom stereocenters. The summed E-state index contributed by atoms with van der Waals surface area (Å²) in [6.07, 6.45) is 0. The number of carbonyl (C=O) groups excluding carboxylic acids is 2. The van der Waals surface area contributed by atoms with Crippen molar-refractivity contribution in [1.82, 2.24) is 10.9 Å². The molecular weight excluding hydrogens is 365 g/mol. The average Bonchev–Trinajstić information content (AvgIpc) is 2.64. The third-order valence-corrected chi connectivity index (χ3v) is 3.95. The molecule has 0 spiro atoms. The van der Waals surface area contributed by atoms with Gasteiger partial charge in [0.05, 0.1) is 10.7 Å². The molecule has 136 valence electrons. The summed E-state index contributed by atoms with van der Waals surface area (Å²) in [7, 11) is 0. The maximum atomic E-state index is 12.7. The van der Waals surface area contributed by atoms with Crippen molar-refractivity contribution in [2.24, 2.45) is 0 Å². The summed E-state index contributed by atoms with van der Waals surface area (Å²) in [4.78, 5) is 34.0. The van der Waals surface area contributed by atoms with E-state index in [0.29, 0.717) is 10.6 Å². The molecular formula is C16H14FN3O5S. The molecule has 2 amide bonds. The van der Waals surface area contributed by atoms with Crippen LogP contribution < -0.4 is 15.6 Å². The van der Waals surface area contributed by atoms with Crippen molar-refractivity contribution < 1.29 is 23.6 Å². The molecule has 0 unspecified atom stereocenters. The monoisotopic (exact) mass is 379 g/mol. The van der Waals surface area contributed by atoms with Gasteiger partial charge in [-0.05, 0) is 36.4 Å². The second-order valence-corrected chi connectivity index (χ2v) is 5.93. The van der Waals surface area contributed by atoms with E-state index < -0.39 is 22.6 Å². The van der Waals surface area contributed by atoms with Gasteiger partial charge in [0, 0.05) is 17.0 Å². The number of halogens is 1. The van der Waals surface area contributed by atoms with Crippen LogP contribution in [0.5, 0.6) is 5.75 Å². The van der Waals surface area contributed by atoms with Crippen molar-refractivity contribution in [2.45, 2.75) is 4.90 Å². The van der Waals surface area contributed by atoms with E-state index in [9.17, 15) is 24.1 Å². The van der Waals surface area contributed by atoms with Gasteiger partial charge in [-0.3, -0.25) is 30.6 Å². The summed E-state index contributed by atoms with van der Waals surface area (Å²) < 4.78 is 17.9. The summed E-state index contributed by atoms with van der Waals surface area (Å²) in [5.41, 5.74) is 4.37. The minimum atomic E-state index is -0.581. The smallest absolute Gasteiger partial charge is 0.276 e. The first kappa shape index (κ1) is 19.2. The van der Waals surface area contributed by atoms with Crippen LogP contribution in [-0.2, 0) is 9.59 Å². The lowest BCUT2D eigenvalue weighted by Gasteiger charge is -2.08. The van der Waals surface area contributed by atoms with Gasteiger partial charge < -0.3 is 4.74 Å².